The lowest BCUT2D eigenvalue weighted by molar-refractivity contribution is -0.116. The Labute approximate surface area is 163 Å². The highest BCUT2D eigenvalue weighted by Gasteiger charge is 2.19. The maximum Gasteiger partial charge on any atom is 0.253 e. The first kappa shape index (κ1) is 19.1. The zero-order valence-corrected chi connectivity index (χ0v) is 15.7. The topological polar surface area (TPSA) is 66.5 Å². The highest BCUT2D eigenvalue weighted by molar-refractivity contribution is 6.34. The van der Waals surface area contributed by atoms with E-state index in [2.05, 4.69) is 5.32 Å². The number of benzene rings is 2. The Kier molecular flexibility index (Phi) is 6.24. The standard InChI is InChI=1S/C21H21ClN2O3/c22-18-9-2-1-8-17(18)19(25)10-11-20(26)23-16-7-5-6-15(14-16)21(27)24-12-3-4-13-24/h1-2,5-9,14H,3-4,10-13H2,(H,23,26). The molecular formula is C21H21ClN2O3. The molecule has 3 rings (SSSR count). The normalized spacial score (nSPS) is 13.4. The molecule has 1 aliphatic heterocycles. The van der Waals surface area contributed by atoms with Gasteiger partial charge in [0.15, 0.2) is 5.78 Å². The summed E-state index contributed by atoms with van der Waals surface area (Å²) >= 11 is 6.01. The number of carbonyl (C=O) groups excluding carboxylic acids is 3. The van der Waals surface area contributed by atoms with Gasteiger partial charge in [-0.1, -0.05) is 29.8 Å². The third-order valence-corrected chi connectivity index (χ3v) is 4.87. The number of halogens is 1. The molecule has 27 heavy (non-hydrogen) atoms. The van der Waals surface area contributed by atoms with Crippen LogP contribution in [0.25, 0.3) is 0 Å². The number of Topliss-reactive ketones (excluding diaryl/α,β-unsaturated/α-hetero) is 1. The molecule has 1 heterocycles. The Balaban J connectivity index is 1.56. The lowest BCUT2D eigenvalue weighted by Gasteiger charge is -2.15. The molecule has 140 valence electrons. The second-order valence-corrected chi connectivity index (χ2v) is 6.94. The van der Waals surface area contributed by atoms with E-state index in [0.717, 1.165) is 25.9 Å². The molecule has 1 N–H and O–H groups in total. The van der Waals surface area contributed by atoms with Gasteiger partial charge in [0.1, 0.15) is 0 Å². The summed E-state index contributed by atoms with van der Waals surface area (Å²) < 4.78 is 0. The van der Waals surface area contributed by atoms with E-state index in [4.69, 9.17) is 11.6 Å². The van der Waals surface area contributed by atoms with Gasteiger partial charge in [-0.05, 0) is 43.2 Å². The summed E-state index contributed by atoms with van der Waals surface area (Å²) in [7, 11) is 0. The van der Waals surface area contributed by atoms with Crippen molar-refractivity contribution >= 4 is 34.9 Å². The third kappa shape index (κ3) is 4.95. The average Bonchev–Trinajstić information content (AvgIpc) is 3.21. The van der Waals surface area contributed by atoms with E-state index < -0.39 is 0 Å². The lowest BCUT2D eigenvalue weighted by atomic mass is 10.1. The van der Waals surface area contributed by atoms with Crippen LogP contribution in [-0.4, -0.2) is 35.6 Å². The average molecular weight is 385 g/mol. The number of amides is 2. The number of anilines is 1. The minimum absolute atomic E-state index is 0.0162. The first-order valence-electron chi connectivity index (χ1n) is 9.01. The van der Waals surface area contributed by atoms with Crippen molar-refractivity contribution in [3.8, 4) is 0 Å². The van der Waals surface area contributed by atoms with Gasteiger partial charge in [0.2, 0.25) is 5.91 Å². The molecule has 0 saturated carbocycles. The summed E-state index contributed by atoms with van der Waals surface area (Å²) in [5.74, 6) is -0.465. The van der Waals surface area contributed by atoms with Crippen LogP contribution in [0.1, 0.15) is 46.4 Å². The summed E-state index contributed by atoms with van der Waals surface area (Å²) in [6.45, 7) is 1.55. The SMILES string of the molecule is O=C(CCC(=O)c1ccccc1Cl)Nc1cccc(C(=O)N2CCCC2)c1. The first-order valence-corrected chi connectivity index (χ1v) is 9.39. The second kappa shape index (κ2) is 8.82. The van der Waals surface area contributed by atoms with E-state index in [1.54, 1.807) is 48.5 Å². The van der Waals surface area contributed by atoms with Gasteiger partial charge in [-0.25, -0.2) is 0 Å². The van der Waals surface area contributed by atoms with Crippen LogP contribution in [0.2, 0.25) is 5.02 Å². The second-order valence-electron chi connectivity index (χ2n) is 6.53. The zero-order chi connectivity index (χ0) is 19.2. The van der Waals surface area contributed by atoms with E-state index in [0.29, 0.717) is 21.8 Å². The largest absolute Gasteiger partial charge is 0.339 e. The van der Waals surface area contributed by atoms with Crippen molar-refractivity contribution in [1.29, 1.82) is 0 Å². The van der Waals surface area contributed by atoms with Gasteiger partial charge in [-0.15, -0.1) is 0 Å². The fraction of sp³-hybridized carbons (Fsp3) is 0.286. The fourth-order valence-corrected chi connectivity index (χ4v) is 3.35. The van der Waals surface area contributed by atoms with E-state index >= 15 is 0 Å². The van der Waals surface area contributed by atoms with Crippen LogP contribution in [0.4, 0.5) is 5.69 Å². The van der Waals surface area contributed by atoms with Crippen LogP contribution in [-0.2, 0) is 4.79 Å². The molecule has 5 nitrogen and oxygen atoms in total. The smallest absolute Gasteiger partial charge is 0.253 e. The predicted octanol–water partition coefficient (Wildman–Crippen LogP) is 4.18. The first-order chi connectivity index (χ1) is 13.0. The number of likely N-dealkylation sites (tertiary alicyclic amines) is 1. The number of hydrogen-bond donors (Lipinski definition) is 1. The molecule has 0 spiro atoms. The summed E-state index contributed by atoms with van der Waals surface area (Å²) in [4.78, 5) is 38.6. The molecule has 0 unspecified atom stereocenters. The molecule has 2 aromatic rings. The maximum absolute atomic E-state index is 12.4. The predicted molar refractivity (Wildman–Crippen MR) is 105 cm³/mol. The molecule has 1 fully saturated rings. The summed E-state index contributed by atoms with van der Waals surface area (Å²) in [6, 6.07) is 13.7. The van der Waals surface area contributed by atoms with Crippen molar-refractivity contribution in [3.63, 3.8) is 0 Å². The van der Waals surface area contributed by atoms with E-state index in [1.165, 1.54) is 0 Å². The summed E-state index contributed by atoms with van der Waals surface area (Å²) in [6.07, 6.45) is 2.18. The third-order valence-electron chi connectivity index (χ3n) is 4.54. The Bertz CT molecular complexity index is 860. The van der Waals surface area contributed by atoms with Gasteiger partial charge >= 0.3 is 0 Å². The summed E-state index contributed by atoms with van der Waals surface area (Å²) in [5, 5.41) is 3.14. The number of ketones is 1. The molecule has 0 atom stereocenters. The van der Waals surface area contributed by atoms with Crippen LogP contribution in [0.3, 0.4) is 0 Å². The van der Waals surface area contributed by atoms with Gasteiger partial charge in [0, 0.05) is 42.7 Å². The molecule has 0 aromatic heterocycles. The van der Waals surface area contributed by atoms with Crippen molar-refractivity contribution in [2.75, 3.05) is 18.4 Å². The number of rotatable bonds is 6. The van der Waals surface area contributed by atoms with Crippen molar-refractivity contribution in [2.24, 2.45) is 0 Å². The maximum atomic E-state index is 12.4. The Morgan fingerprint density at radius 3 is 2.44 bits per heavy atom. The molecule has 0 radical (unpaired) electrons. The molecule has 0 bridgehead atoms. The van der Waals surface area contributed by atoms with E-state index in [1.807, 2.05) is 4.90 Å². The fourth-order valence-electron chi connectivity index (χ4n) is 3.11. The van der Waals surface area contributed by atoms with Crippen molar-refractivity contribution < 1.29 is 14.4 Å². The van der Waals surface area contributed by atoms with Gasteiger partial charge in [-0.3, -0.25) is 14.4 Å². The van der Waals surface area contributed by atoms with Crippen molar-refractivity contribution in [1.82, 2.24) is 4.90 Å². The molecule has 2 amide bonds. The molecule has 2 aromatic carbocycles. The van der Waals surface area contributed by atoms with Crippen LogP contribution in [0, 0.1) is 0 Å². The minimum Gasteiger partial charge on any atom is -0.339 e. The Hall–Kier alpha value is -2.66. The van der Waals surface area contributed by atoms with Crippen molar-refractivity contribution in [3.05, 3.63) is 64.7 Å². The number of carbonyl (C=O) groups is 3. The molecule has 0 aliphatic carbocycles. The molecule has 1 aliphatic rings. The van der Waals surface area contributed by atoms with Crippen LogP contribution < -0.4 is 5.32 Å². The quantitative estimate of drug-likeness (QED) is 0.760. The van der Waals surface area contributed by atoms with Crippen LogP contribution in [0.5, 0.6) is 0 Å². The number of hydrogen-bond acceptors (Lipinski definition) is 3. The van der Waals surface area contributed by atoms with E-state index in [-0.39, 0.29) is 30.4 Å². The monoisotopic (exact) mass is 384 g/mol. The lowest BCUT2D eigenvalue weighted by Crippen LogP contribution is -2.27. The molecule has 6 heteroatoms. The van der Waals surface area contributed by atoms with E-state index in [9.17, 15) is 14.4 Å². The van der Waals surface area contributed by atoms with Gasteiger partial charge in [0.25, 0.3) is 5.91 Å². The van der Waals surface area contributed by atoms with Gasteiger partial charge in [0.05, 0.1) is 5.02 Å². The van der Waals surface area contributed by atoms with Crippen LogP contribution in [0.15, 0.2) is 48.5 Å². The molecular weight excluding hydrogens is 364 g/mol. The number of nitrogens with one attached hydrogen (secondary N) is 1. The van der Waals surface area contributed by atoms with Gasteiger partial charge in [-0.2, -0.15) is 0 Å². The van der Waals surface area contributed by atoms with Crippen LogP contribution >= 0.6 is 11.6 Å². The zero-order valence-electron chi connectivity index (χ0n) is 14.9. The summed E-state index contributed by atoms with van der Waals surface area (Å²) in [5.41, 5.74) is 1.53. The highest BCUT2D eigenvalue weighted by atomic mass is 35.5. The molecule has 1 saturated heterocycles. The van der Waals surface area contributed by atoms with Gasteiger partial charge < -0.3 is 10.2 Å². The van der Waals surface area contributed by atoms with Crippen molar-refractivity contribution in [2.45, 2.75) is 25.7 Å². The minimum atomic E-state index is -0.277. The Morgan fingerprint density at radius 2 is 1.70 bits per heavy atom. The highest BCUT2D eigenvalue weighted by Crippen LogP contribution is 2.19. The number of nitrogens with zero attached hydrogens (tertiary/aromatic N) is 1. The Morgan fingerprint density at radius 1 is 0.963 bits per heavy atom.